The Balaban J connectivity index is 2.62. The Morgan fingerprint density at radius 2 is 2.05 bits per heavy atom. The van der Waals surface area contributed by atoms with E-state index in [2.05, 4.69) is 4.74 Å². The quantitative estimate of drug-likeness (QED) is 0.718. The Kier molecular flexibility index (Phi) is 4.88. The molecule has 1 aliphatic heterocycles. The monoisotopic (exact) mass is 273 g/mol. The molecule has 1 N–H and O–H groups in total. The summed E-state index contributed by atoms with van der Waals surface area (Å²) < 4.78 is 9.76. The van der Waals surface area contributed by atoms with Gasteiger partial charge in [-0.25, -0.2) is 4.79 Å². The van der Waals surface area contributed by atoms with Crippen LogP contribution in [0.4, 0.5) is 0 Å². The SMILES string of the molecule is COC(=O)C1CN(C(=O)CC(C)(C)C(=O)O)CCO1. The van der Waals surface area contributed by atoms with Gasteiger partial charge in [-0.05, 0) is 13.8 Å². The molecule has 7 nitrogen and oxygen atoms in total. The summed E-state index contributed by atoms with van der Waals surface area (Å²) in [6.07, 6.45) is -0.911. The number of amides is 1. The van der Waals surface area contributed by atoms with Gasteiger partial charge in [0, 0.05) is 13.0 Å². The van der Waals surface area contributed by atoms with Crippen molar-refractivity contribution in [2.45, 2.75) is 26.4 Å². The van der Waals surface area contributed by atoms with Crippen LogP contribution in [0.5, 0.6) is 0 Å². The number of hydrogen-bond acceptors (Lipinski definition) is 5. The Labute approximate surface area is 111 Å². The number of aliphatic carboxylic acids is 1. The van der Waals surface area contributed by atoms with E-state index in [1.165, 1.54) is 25.9 Å². The third-order valence-electron chi connectivity index (χ3n) is 3.06. The molecule has 1 atom stereocenters. The summed E-state index contributed by atoms with van der Waals surface area (Å²) in [6.45, 7) is 3.67. The van der Waals surface area contributed by atoms with Crippen molar-refractivity contribution in [1.82, 2.24) is 4.90 Å². The van der Waals surface area contributed by atoms with E-state index in [1.54, 1.807) is 0 Å². The number of rotatable bonds is 4. The first-order valence-corrected chi connectivity index (χ1v) is 5.98. The summed E-state index contributed by atoms with van der Waals surface area (Å²) >= 11 is 0. The molecule has 1 amide bonds. The van der Waals surface area contributed by atoms with E-state index in [9.17, 15) is 14.4 Å². The summed E-state index contributed by atoms with van der Waals surface area (Å²) in [5.41, 5.74) is -1.13. The van der Waals surface area contributed by atoms with E-state index in [4.69, 9.17) is 9.84 Å². The third-order valence-corrected chi connectivity index (χ3v) is 3.06. The Bertz CT molecular complexity index is 378. The van der Waals surface area contributed by atoms with Crippen LogP contribution in [0.25, 0.3) is 0 Å². The average Bonchev–Trinajstić information content (AvgIpc) is 2.37. The summed E-state index contributed by atoms with van der Waals surface area (Å²) in [7, 11) is 1.25. The fourth-order valence-electron chi connectivity index (χ4n) is 1.72. The van der Waals surface area contributed by atoms with E-state index >= 15 is 0 Å². The number of carbonyl (C=O) groups is 3. The number of hydrogen-bond donors (Lipinski definition) is 1. The van der Waals surface area contributed by atoms with Crippen LogP contribution in [0.15, 0.2) is 0 Å². The van der Waals surface area contributed by atoms with Crippen LogP contribution in [-0.4, -0.2) is 60.8 Å². The van der Waals surface area contributed by atoms with Gasteiger partial charge >= 0.3 is 11.9 Å². The Morgan fingerprint density at radius 1 is 1.42 bits per heavy atom. The molecule has 1 saturated heterocycles. The van der Waals surface area contributed by atoms with Gasteiger partial charge in [0.1, 0.15) is 0 Å². The maximum absolute atomic E-state index is 12.0. The predicted octanol–water partition coefficient (Wildman–Crippen LogP) is -0.112. The zero-order valence-electron chi connectivity index (χ0n) is 11.3. The lowest BCUT2D eigenvalue weighted by Gasteiger charge is -2.33. The highest BCUT2D eigenvalue weighted by molar-refractivity contribution is 5.85. The molecule has 0 saturated carbocycles. The number of carbonyl (C=O) groups excluding carboxylic acids is 2. The molecule has 19 heavy (non-hydrogen) atoms. The molecule has 1 fully saturated rings. The number of carboxylic acid groups (broad SMARTS) is 1. The average molecular weight is 273 g/mol. The second-order valence-electron chi connectivity index (χ2n) is 5.09. The third kappa shape index (κ3) is 3.92. The highest BCUT2D eigenvalue weighted by atomic mass is 16.6. The Morgan fingerprint density at radius 3 is 2.58 bits per heavy atom. The van der Waals surface area contributed by atoms with Crippen LogP contribution in [0, 0.1) is 5.41 Å². The maximum Gasteiger partial charge on any atom is 0.336 e. The lowest BCUT2D eigenvalue weighted by Crippen LogP contribution is -2.50. The molecule has 0 spiro atoms. The zero-order valence-corrected chi connectivity index (χ0v) is 11.3. The van der Waals surface area contributed by atoms with E-state index in [1.807, 2.05) is 0 Å². The highest BCUT2D eigenvalue weighted by Crippen LogP contribution is 2.22. The molecule has 108 valence electrons. The molecule has 0 radical (unpaired) electrons. The fourth-order valence-corrected chi connectivity index (χ4v) is 1.72. The first-order valence-electron chi connectivity index (χ1n) is 5.98. The van der Waals surface area contributed by atoms with Gasteiger partial charge < -0.3 is 19.5 Å². The molecular weight excluding hydrogens is 254 g/mol. The van der Waals surface area contributed by atoms with Crippen LogP contribution in [0.2, 0.25) is 0 Å². The summed E-state index contributed by atoms with van der Waals surface area (Å²) in [5.74, 6) is -1.86. The van der Waals surface area contributed by atoms with Gasteiger partial charge in [0.15, 0.2) is 6.10 Å². The highest BCUT2D eigenvalue weighted by Gasteiger charge is 2.35. The first-order chi connectivity index (χ1) is 8.77. The minimum atomic E-state index is -1.13. The standard InChI is InChI=1S/C12H19NO6/c1-12(2,11(16)17)6-9(14)13-4-5-19-8(7-13)10(15)18-3/h8H,4-7H2,1-3H3,(H,16,17). The van der Waals surface area contributed by atoms with Gasteiger partial charge in [-0.2, -0.15) is 0 Å². The number of carboxylic acids is 1. The van der Waals surface area contributed by atoms with Crippen LogP contribution in [0.1, 0.15) is 20.3 Å². The van der Waals surface area contributed by atoms with E-state index < -0.39 is 23.5 Å². The Hall–Kier alpha value is -1.63. The molecule has 1 rings (SSSR count). The van der Waals surface area contributed by atoms with Gasteiger partial charge in [-0.3, -0.25) is 9.59 Å². The number of esters is 1. The number of morpholine rings is 1. The predicted molar refractivity (Wildman–Crippen MR) is 64.4 cm³/mol. The van der Waals surface area contributed by atoms with E-state index in [0.29, 0.717) is 6.54 Å². The largest absolute Gasteiger partial charge is 0.481 e. The van der Waals surface area contributed by atoms with Gasteiger partial charge in [-0.1, -0.05) is 0 Å². The van der Waals surface area contributed by atoms with Crippen molar-refractivity contribution in [3.63, 3.8) is 0 Å². The molecule has 0 aromatic heterocycles. The van der Waals surface area contributed by atoms with Crippen LogP contribution >= 0.6 is 0 Å². The summed E-state index contributed by atoms with van der Waals surface area (Å²) in [5, 5.41) is 9.00. The van der Waals surface area contributed by atoms with Gasteiger partial charge in [0.25, 0.3) is 0 Å². The second-order valence-corrected chi connectivity index (χ2v) is 5.09. The zero-order chi connectivity index (χ0) is 14.6. The molecule has 1 unspecified atom stereocenters. The minimum absolute atomic E-state index is 0.0984. The fraction of sp³-hybridized carbons (Fsp3) is 0.750. The van der Waals surface area contributed by atoms with Crippen molar-refractivity contribution in [2.24, 2.45) is 5.41 Å². The minimum Gasteiger partial charge on any atom is -0.481 e. The second kappa shape index (κ2) is 6.01. The van der Waals surface area contributed by atoms with Crippen molar-refractivity contribution in [2.75, 3.05) is 26.8 Å². The van der Waals surface area contributed by atoms with Crippen LogP contribution in [-0.2, 0) is 23.9 Å². The molecule has 0 aromatic carbocycles. The van der Waals surface area contributed by atoms with Crippen molar-refractivity contribution < 1.29 is 29.0 Å². The van der Waals surface area contributed by atoms with Gasteiger partial charge in [-0.15, -0.1) is 0 Å². The smallest absolute Gasteiger partial charge is 0.336 e. The lowest BCUT2D eigenvalue weighted by atomic mass is 9.89. The summed E-state index contributed by atoms with van der Waals surface area (Å²) in [6, 6.07) is 0. The molecule has 0 aliphatic carbocycles. The number of ether oxygens (including phenoxy) is 2. The van der Waals surface area contributed by atoms with Gasteiger partial charge in [0.05, 0.1) is 25.7 Å². The molecule has 1 heterocycles. The first kappa shape index (κ1) is 15.4. The van der Waals surface area contributed by atoms with Crippen LogP contribution in [0.3, 0.4) is 0 Å². The van der Waals surface area contributed by atoms with Crippen molar-refractivity contribution in [3.8, 4) is 0 Å². The summed E-state index contributed by atoms with van der Waals surface area (Å²) in [4.78, 5) is 35.8. The normalized spacial score (nSPS) is 19.9. The van der Waals surface area contributed by atoms with E-state index in [0.717, 1.165) is 0 Å². The van der Waals surface area contributed by atoms with Crippen LogP contribution < -0.4 is 0 Å². The lowest BCUT2D eigenvalue weighted by molar-refractivity contribution is -0.164. The van der Waals surface area contributed by atoms with Crippen molar-refractivity contribution in [1.29, 1.82) is 0 Å². The van der Waals surface area contributed by atoms with Crippen molar-refractivity contribution >= 4 is 17.8 Å². The number of nitrogens with zero attached hydrogens (tertiary/aromatic N) is 1. The molecular formula is C12H19NO6. The molecule has 7 heteroatoms. The molecule has 0 aromatic rings. The van der Waals surface area contributed by atoms with E-state index in [-0.39, 0.29) is 25.5 Å². The molecule has 1 aliphatic rings. The van der Waals surface area contributed by atoms with Gasteiger partial charge in [0.2, 0.25) is 5.91 Å². The van der Waals surface area contributed by atoms with Crippen molar-refractivity contribution in [3.05, 3.63) is 0 Å². The molecule has 0 bridgehead atoms. The maximum atomic E-state index is 12.0. The topological polar surface area (TPSA) is 93.1 Å². The number of methoxy groups -OCH3 is 1.